The number of hydrogen-bond donors (Lipinski definition) is 2. The molecule has 0 heterocycles. The highest BCUT2D eigenvalue weighted by Crippen LogP contribution is 2.04. The van der Waals surface area contributed by atoms with E-state index in [0.717, 1.165) is 14.0 Å². The molecule has 0 bridgehead atoms. The highest BCUT2D eigenvalue weighted by atomic mass is 32.2. The van der Waals surface area contributed by atoms with E-state index in [1.807, 2.05) is 4.72 Å². The molecule has 18 heavy (non-hydrogen) atoms. The zero-order valence-electron chi connectivity index (χ0n) is 9.91. The van der Waals surface area contributed by atoms with Crippen LogP contribution in [-0.2, 0) is 24.3 Å². The van der Waals surface area contributed by atoms with Crippen LogP contribution in [0.5, 0.6) is 0 Å². The largest absolute Gasteiger partial charge is 0.480 e. The van der Waals surface area contributed by atoms with Crippen molar-refractivity contribution in [2.75, 3.05) is 7.11 Å². The maximum atomic E-state index is 11.5. The summed E-state index contributed by atoms with van der Waals surface area (Å²) in [5.41, 5.74) is 0. The molecule has 1 unspecified atom stereocenters. The summed E-state index contributed by atoms with van der Waals surface area (Å²) in [4.78, 5) is 21.7. The molecule has 0 radical (unpaired) electrons. The second kappa shape index (κ2) is 6.93. The molecule has 9 heteroatoms. The number of hydrogen-bond acceptors (Lipinski definition) is 6. The van der Waals surface area contributed by atoms with Gasteiger partial charge in [0.1, 0.15) is 6.04 Å². The monoisotopic (exact) mass is 278 g/mol. The first-order valence-corrected chi connectivity index (χ1v) is 6.49. The van der Waals surface area contributed by atoms with Crippen LogP contribution in [0, 0.1) is 11.3 Å². The van der Waals surface area contributed by atoms with Gasteiger partial charge in [0.25, 0.3) is 0 Å². The number of carboxylic acid groups (broad SMARTS) is 1. The molecule has 0 aliphatic rings. The van der Waals surface area contributed by atoms with Crippen molar-refractivity contribution in [3.8, 4) is 6.07 Å². The zero-order valence-corrected chi connectivity index (χ0v) is 10.7. The van der Waals surface area contributed by atoms with Crippen LogP contribution in [0.15, 0.2) is 0 Å². The lowest BCUT2D eigenvalue weighted by molar-refractivity contribution is -0.142. The Kier molecular flexibility index (Phi) is 6.29. The molecule has 0 fully saturated rings. The molecule has 2 atom stereocenters. The second-order valence-electron chi connectivity index (χ2n) is 3.44. The third-order valence-corrected chi connectivity index (χ3v) is 3.77. The van der Waals surface area contributed by atoms with Gasteiger partial charge in [0.15, 0.2) is 5.25 Å². The number of nitrogens with one attached hydrogen (secondary N) is 1. The van der Waals surface area contributed by atoms with Crippen LogP contribution in [0.3, 0.4) is 0 Å². The third-order valence-electron chi connectivity index (χ3n) is 2.12. The Balaban J connectivity index is 4.71. The molecule has 0 rings (SSSR count). The molecule has 0 spiro atoms. The van der Waals surface area contributed by atoms with Crippen molar-refractivity contribution >= 4 is 22.0 Å². The van der Waals surface area contributed by atoms with Crippen LogP contribution in [0.2, 0.25) is 0 Å². The molecular weight excluding hydrogens is 264 g/mol. The first-order chi connectivity index (χ1) is 8.24. The maximum absolute atomic E-state index is 11.5. The average molecular weight is 278 g/mol. The molecule has 0 saturated carbocycles. The molecular formula is C9H14N2O6S. The number of nitrogens with zero attached hydrogens (tertiary/aromatic N) is 1. The van der Waals surface area contributed by atoms with Gasteiger partial charge < -0.3 is 9.84 Å². The predicted molar refractivity (Wildman–Crippen MR) is 59.8 cm³/mol. The minimum Gasteiger partial charge on any atom is -0.480 e. The van der Waals surface area contributed by atoms with E-state index < -0.39 is 33.3 Å². The van der Waals surface area contributed by atoms with Gasteiger partial charge in [-0.1, -0.05) is 0 Å². The lowest BCUT2D eigenvalue weighted by atomic mass is 10.2. The van der Waals surface area contributed by atoms with Crippen LogP contribution in [0.25, 0.3) is 0 Å². The minimum absolute atomic E-state index is 0.239. The smallest absolute Gasteiger partial charge is 0.321 e. The maximum Gasteiger partial charge on any atom is 0.321 e. The van der Waals surface area contributed by atoms with E-state index in [0.29, 0.717) is 0 Å². The summed E-state index contributed by atoms with van der Waals surface area (Å²) < 4.78 is 29.1. The van der Waals surface area contributed by atoms with Gasteiger partial charge in [0.2, 0.25) is 10.0 Å². The summed E-state index contributed by atoms with van der Waals surface area (Å²) in [7, 11) is -2.91. The molecule has 2 N–H and O–H groups in total. The SMILES string of the molecule is COC(=O)CC[C@H](NS(=O)(=O)C(C)C#N)C(=O)O. The van der Waals surface area contributed by atoms with Crippen molar-refractivity contribution in [3.05, 3.63) is 0 Å². The van der Waals surface area contributed by atoms with Crippen molar-refractivity contribution in [3.63, 3.8) is 0 Å². The molecule has 0 saturated heterocycles. The van der Waals surface area contributed by atoms with Crippen molar-refractivity contribution < 1.29 is 27.9 Å². The van der Waals surface area contributed by atoms with E-state index in [-0.39, 0.29) is 12.8 Å². The summed E-state index contributed by atoms with van der Waals surface area (Å²) in [5, 5.41) is 15.9. The topological polar surface area (TPSA) is 134 Å². The van der Waals surface area contributed by atoms with E-state index in [1.54, 1.807) is 0 Å². The Morgan fingerprint density at radius 2 is 2.06 bits per heavy atom. The van der Waals surface area contributed by atoms with Gasteiger partial charge in [-0.2, -0.15) is 9.98 Å². The summed E-state index contributed by atoms with van der Waals surface area (Å²) in [6.07, 6.45) is -0.490. The highest BCUT2D eigenvalue weighted by Gasteiger charge is 2.28. The standard InChI is InChI=1S/C9H14N2O6S/c1-6(5-10)18(15,16)11-7(9(13)14)3-4-8(12)17-2/h6-7,11H,3-4H2,1-2H3,(H,13,14)/t6?,7-/m0/s1. The van der Waals surface area contributed by atoms with Crippen LogP contribution in [0.1, 0.15) is 19.8 Å². The Labute approximate surface area is 105 Å². The Morgan fingerprint density at radius 1 is 1.50 bits per heavy atom. The van der Waals surface area contributed by atoms with Gasteiger partial charge in [0, 0.05) is 6.42 Å². The summed E-state index contributed by atoms with van der Waals surface area (Å²) in [5.74, 6) is -2.07. The van der Waals surface area contributed by atoms with Gasteiger partial charge in [0.05, 0.1) is 13.2 Å². The number of ether oxygens (including phenoxy) is 1. The van der Waals surface area contributed by atoms with E-state index >= 15 is 0 Å². The number of rotatable bonds is 7. The fourth-order valence-electron chi connectivity index (χ4n) is 0.967. The molecule has 8 nitrogen and oxygen atoms in total. The van der Waals surface area contributed by atoms with Crippen molar-refractivity contribution in [2.24, 2.45) is 0 Å². The molecule has 0 aliphatic carbocycles. The lowest BCUT2D eigenvalue weighted by Crippen LogP contribution is -2.44. The quantitative estimate of drug-likeness (QED) is 0.583. The molecule has 0 aromatic rings. The number of nitriles is 1. The number of carboxylic acids is 1. The highest BCUT2D eigenvalue weighted by molar-refractivity contribution is 7.90. The van der Waals surface area contributed by atoms with E-state index in [9.17, 15) is 18.0 Å². The summed E-state index contributed by atoms with van der Waals surface area (Å²) in [6.45, 7) is 1.13. The van der Waals surface area contributed by atoms with Crippen LogP contribution >= 0.6 is 0 Å². The van der Waals surface area contributed by atoms with E-state index in [1.165, 1.54) is 6.07 Å². The van der Waals surface area contributed by atoms with E-state index in [4.69, 9.17) is 10.4 Å². The first kappa shape index (κ1) is 16.3. The van der Waals surface area contributed by atoms with Crippen molar-refractivity contribution in [1.29, 1.82) is 5.26 Å². The molecule has 0 aromatic heterocycles. The van der Waals surface area contributed by atoms with Crippen LogP contribution < -0.4 is 4.72 Å². The number of aliphatic carboxylic acids is 1. The van der Waals surface area contributed by atoms with Gasteiger partial charge in [-0.3, -0.25) is 9.59 Å². The van der Waals surface area contributed by atoms with Crippen molar-refractivity contribution in [1.82, 2.24) is 4.72 Å². The second-order valence-corrected chi connectivity index (χ2v) is 5.47. The predicted octanol–water partition coefficient (Wildman–Crippen LogP) is -0.776. The third kappa shape index (κ3) is 5.11. The van der Waals surface area contributed by atoms with E-state index in [2.05, 4.69) is 4.74 Å². The minimum atomic E-state index is -4.05. The average Bonchev–Trinajstić information content (AvgIpc) is 2.32. The van der Waals surface area contributed by atoms with Gasteiger partial charge in [-0.15, -0.1) is 0 Å². The van der Waals surface area contributed by atoms with Gasteiger partial charge in [-0.25, -0.2) is 8.42 Å². The molecule has 0 amide bonds. The number of methoxy groups -OCH3 is 1. The number of carbonyl (C=O) groups is 2. The normalized spacial score (nSPS) is 14.3. The Hall–Kier alpha value is -1.66. The number of sulfonamides is 1. The number of esters is 1. The van der Waals surface area contributed by atoms with Crippen LogP contribution in [-0.4, -0.2) is 43.9 Å². The lowest BCUT2D eigenvalue weighted by Gasteiger charge is -2.15. The van der Waals surface area contributed by atoms with Crippen molar-refractivity contribution in [2.45, 2.75) is 31.1 Å². The van der Waals surface area contributed by atoms with Crippen LogP contribution in [0.4, 0.5) is 0 Å². The van der Waals surface area contributed by atoms with Gasteiger partial charge in [-0.05, 0) is 13.3 Å². The summed E-state index contributed by atoms with van der Waals surface area (Å²) >= 11 is 0. The summed E-state index contributed by atoms with van der Waals surface area (Å²) in [6, 6.07) is 0.0228. The number of carbonyl (C=O) groups excluding carboxylic acids is 1. The Bertz CT molecular complexity index is 452. The Morgan fingerprint density at radius 3 is 2.44 bits per heavy atom. The first-order valence-electron chi connectivity index (χ1n) is 4.95. The molecule has 0 aromatic carbocycles. The fourth-order valence-corrected chi connectivity index (χ4v) is 1.92. The fraction of sp³-hybridized carbons (Fsp3) is 0.667. The zero-order chi connectivity index (χ0) is 14.3. The molecule has 0 aliphatic heterocycles. The molecule has 102 valence electrons. The van der Waals surface area contributed by atoms with Gasteiger partial charge >= 0.3 is 11.9 Å².